The van der Waals surface area contributed by atoms with Crippen molar-refractivity contribution in [1.29, 1.82) is 5.26 Å². The van der Waals surface area contributed by atoms with E-state index in [1.54, 1.807) is 18.2 Å². The summed E-state index contributed by atoms with van der Waals surface area (Å²) < 4.78 is 0.540. The summed E-state index contributed by atoms with van der Waals surface area (Å²) in [6.45, 7) is 2.10. The van der Waals surface area contributed by atoms with Crippen LogP contribution in [0.15, 0.2) is 59.7 Å². The fraction of sp³-hybridized carbons (Fsp3) is 0.227. The van der Waals surface area contributed by atoms with Crippen molar-refractivity contribution < 1.29 is 9.59 Å². The summed E-state index contributed by atoms with van der Waals surface area (Å²) in [4.78, 5) is 27.7. The predicted molar refractivity (Wildman–Crippen MR) is 113 cm³/mol. The van der Waals surface area contributed by atoms with Gasteiger partial charge in [-0.25, -0.2) is 0 Å². The minimum absolute atomic E-state index is 0.109. The summed E-state index contributed by atoms with van der Waals surface area (Å²) in [5, 5.41) is 11.7. The standard InChI is InChI=1S/C22H18ClN3O2S/c23-20-8-7-19(29-20)22(28)25-21-17-13-26(12-16(17)5-6-18(21)27)11-15-3-1-14(2-4-15)9-10-24/h1-8,21H,9,11-13H2,(H,25,28). The molecule has 1 amide bonds. The Kier molecular flexibility index (Phi) is 5.63. The van der Waals surface area contributed by atoms with Gasteiger partial charge in [0, 0.05) is 19.6 Å². The molecule has 2 aliphatic rings. The molecular weight excluding hydrogens is 406 g/mol. The quantitative estimate of drug-likeness (QED) is 0.798. The largest absolute Gasteiger partial charge is 0.337 e. The second-order valence-electron chi connectivity index (χ2n) is 7.09. The summed E-state index contributed by atoms with van der Waals surface area (Å²) in [5.74, 6) is -0.392. The molecule has 1 atom stereocenters. The predicted octanol–water partition coefficient (Wildman–Crippen LogP) is 3.52. The highest BCUT2D eigenvalue weighted by molar-refractivity contribution is 7.18. The molecule has 0 fully saturated rings. The van der Waals surface area contributed by atoms with E-state index in [2.05, 4.69) is 16.3 Å². The van der Waals surface area contributed by atoms with Crippen molar-refractivity contribution >= 4 is 34.6 Å². The van der Waals surface area contributed by atoms with Gasteiger partial charge in [0.25, 0.3) is 5.91 Å². The maximum atomic E-state index is 12.5. The fourth-order valence-electron chi connectivity index (χ4n) is 3.65. The molecule has 1 aromatic carbocycles. The zero-order valence-corrected chi connectivity index (χ0v) is 17.1. The van der Waals surface area contributed by atoms with Crippen LogP contribution in [-0.2, 0) is 17.8 Å². The van der Waals surface area contributed by atoms with Crippen molar-refractivity contribution in [1.82, 2.24) is 10.2 Å². The Labute approximate surface area is 177 Å². The minimum Gasteiger partial charge on any atom is -0.337 e. The van der Waals surface area contributed by atoms with Gasteiger partial charge in [-0.1, -0.05) is 41.9 Å². The number of nitrogens with one attached hydrogen (secondary N) is 1. The van der Waals surface area contributed by atoms with Gasteiger partial charge in [-0.2, -0.15) is 5.26 Å². The van der Waals surface area contributed by atoms with Crippen LogP contribution in [0.4, 0.5) is 0 Å². The normalized spacial score (nSPS) is 18.6. The van der Waals surface area contributed by atoms with Crippen molar-refractivity contribution in [3.05, 3.63) is 80.0 Å². The third-order valence-corrected chi connectivity index (χ3v) is 6.30. The number of amides is 1. The summed E-state index contributed by atoms with van der Waals surface area (Å²) in [7, 11) is 0. The van der Waals surface area contributed by atoms with Gasteiger partial charge >= 0.3 is 0 Å². The van der Waals surface area contributed by atoms with E-state index < -0.39 is 6.04 Å². The second kappa shape index (κ2) is 8.34. The fourth-order valence-corrected chi connectivity index (χ4v) is 4.59. The summed E-state index contributed by atoms with van der Waals surface area (Å²) in [6.07, 6.45) is 3.81. The van der Waals surface area contributed by atoms with Crippen molar-refractivity contribution in [3.63, 3.8) is 0 Å². The Balaban J connectivity index is 1.44. The molecule has 0 bridgehead atoms. The lowest BCUT2D eigenvalue weighted by molar-refractivity contribution is -0.115. The first-order chi connectivity index (χ1) is 14.0. The Bertz CT molecular complexity index is 1060. The van der Waals surface area contributed by atoms with Crippen LogP contribution in [0.1, 0.15) is 20.8 Å². The molecule has 1 aliphatic carbocycles. The van der Waals surface area contributed by atoms with E-state index in [4.69, 9.17) is 16.9 Å². The molecule has 0 radical (unpaired) electrons. The third-order valence-electron chi connectivity index (χ3n) is 5.07. The van der Waals surface area contributed by atoms with Gasteiger partial charge in [0.1, 0.15) is 6.04 Å². The molecule has 146 valence electrons. The maximum absolute atomic E-state index is 12.5. The van der Waals surface area contributed by atoms with Crippen LogP contribution >= 0.6 is 22.9 Å². The van der Waals surface area contributed by atoms with Gasteiger partial charge in [0.15, 0.2) is 5.78 Å². The molecule has 2 heterocycles. The number of nitrogens with zero attached hydrogens (tertiary/aromatic N) is 2. The summed E-state index contributed by atoms with van der Waals surface area (Å²) in [6, 6.07) is 12.9. The molecule has 1 unspecified atom stereocenters. The van der Waals surface area contributed by atoms with Crippen LogP contribution in [0, 0.1) is 11.3 Å². The van der Waals surface area contributed by atoms with Gasteiger partial charge in [-0.15, -0.1) is 11.3 Å². The molecule has 7 heteroatoms. The van der Waals surface area contributed by atoms with Crippen LogP contribution in [-0.4, -0.2) is 35.7 Å². The van der Waals surface area contributed by atoms with E-state index in [-0.39, 0.29) is 11.7 Å². The molecule has 2 aromatic rings. The molecular formula is C22H18ClN3O2S. The number of halogens is 1. The number of benzene rings is 1. The smallest absolute Gasteiger partial charge is 0.262 e. The molecule has 5 nitrogen and oxygen atoms in total. The number of carbonyl (C=O) groups excluding carboxylic acids is 2. The van der Waals surface area contributed by atoms with Crippen LogP contribution in [0.25, 0.3) is 0 Å². The van der Waals surface area contributed by atoms with E-state index >= 15 is 0 Å². The summed E-state index contributed by atoms with van der Waals surface area (Å²) >= 11 is 7.11. The Hall–Kier alpha value is -2.72. The molecule has 0 spiro atoms. The molecule has 4 rings (SSSR count). The number of rotatable bonds is 5. The van der Waals surface area contributed by atoms with E-state index in [0.29, 0.717) is 22.2 Å². The van der Waals surface area contributed by atoms with Crippen LogP contribution in [0.3, 0.4) is 0 Å². The number of hydrogen-bond acceptors (Lipinski definition) is 5. The zero-order valence-electron chi connectivity index (χ0n) is 15.5. The number of ketones is 1. The average Bonchev–Trinajstić information content (AvgIpc) is 3.32. The van der Waals surface area contributed by atoms with Gasteiger partial charge in [0.2, 0.25) is 0 Å². The Morgan fingerprint density at radius 1 is 1.17 bits per heavy atom. The summed E-state index contributed by atoms with van der Waals surface area (Å²) in [5.41, 5.74) is 4.19. The second-order valence-corrected chi connectivity index (χ2v) is 8.81. The average molecular weight is 424 g/mol. The Morgan fingerprint density at radius 2 is 1.93 bits per heavy atom. The highest BCUT2D eigenvalue weighted by Gasteiger charge is 2.34. The first-order valence-corrected chi connectivity index (χ1v) is 10.4. The van der Waals surface area contributed by atoms with Crippen molar-refractivity contribution in [2.24, 2.45) is 0 Å². The first kappa shape index (κ1) is 19.6. The highest BCUT2D eigenvalue weighted by Crippen LogP contribution is 2.28. The minimum atomic E-state index is -0.633. The topological polar surface area (TPSA) is 73.2 Å². The zero-order chi connectivity index (χ0) is 20.4. The highest BCUT2D eigenvalue weighted by atomic mass is 35.5. The van der Waals surface area contributed by atoms with Crippen LogP contribution in [0.5, 0.6) is 0 Å². The van der Waals surface area contributed by atoms with E-state index in [1.807, 2.05) is 30.3 Å². The van der Waals surface area contributed by atoms with E-state index in [1.165, 1.54) is 11.3 Å². The number of nitriles is 1. The number of thiophene rings is 1. The van der Waals surface area contributed by atoms with Crippen LogP contribution in [0.2, 0.25) is 4.34 Å². The molecule has 0 saturated carbocycles. The van der Waals surface area contributed by atoms with Gasteiger partial charge in [0.05, 0.1) is 21.7 Å². The lowest BCUT2D eigenvalue weighted by Gasteiger charge is -2.21. The molecule has 1 N–H and O–H groups in total. The molecule has 1 aromatic heterocycles. The number of carbonyl (C=O) groups is 2. The maximum Gasteiger partial charge on any atom is 0.262 e. The van der Waals surface area contributed by atoms with E-state index in [0.717, 1.165) is 35.4 Å². The number of hydrogen-bond donors (Lipinski definition) is 1. The monoisotopic (exact) mass is 423 g/mol. The molecule has 29 heavy (non-hydrogen) atoms. The Morgan fingerprint density at radius 3 is 2.62 bits per heavy atom. The third kappa shape index (κ3) is 4.33. The van der Waals surface area contributed by atoms with Crippen molar-refractivity contribution in [2.45, 2.75) is 19.0 Å². The van der Waals surface area contributed by atoms with Gasteiger partial charge in [-0.3, -0.25) is 14.5 Å². The lowest BCUT2D eigenvalue weighted by Crippen LogP contribution is -2.43. The van der Waals surface area contributed by atoms with E-state index in [9.17, 15) is 9.59 Å². The van der Waals surface area contributed by atoms with Crippen LogP contribution < -0.4 is 5.32 Å². The van der Waals surface area contributed by atoms with Gasteiger partial charge < -0.3 is 5.32 Å². The first-order valence-electron chi connectivity index (χ1n) is 9.20. The molecule has 0 saturated heterocycles. The van der Waals surface area contributed by atoms with Crippen molar-refractivity contribution in [2.75, 3.05) is 13.1 Å². The lowest BCUT2D eigenvalue weighted by atomic mass is 9.94. The SMILES string of the molecule is N#CCc1ccc(CN2CC3=C(C2)C(NC(=O)c2ccc(Cl)s2)C(=O)C=C3)cc1. The van der Waals surface area contributed by atoms with Crippen molar-refractivity contribution in [3.8, 4) is 6.07 Å². The molecule has 1 aliphatic heterocycles. The van der Waals surface area contributed by atoms with Gasteiger partial charge in [-0.05, 0) is 40.5 Å².